The summed E-state index contributed by atoms with van der Waals surface area (Å²) < 4.78 is 0. The molecular weight excluding hydrogens is 204 g/mol. The topological polar surface area (TPSA) is 37.3 Å². The van der Waals surface area contributed by atoms with Crippen LogP contribution in [0.1, 0.15) is 41.5 Å². The molecule has 2 nitrogen and oxygen atoms in total. The molecule has 0 aliphatic heterocycles. The van der Waals surface area contributed by atoms with Crippen molar-refractivity contribution >= 4 is 13.9 Å². The van der Waals surface area contributed by atoms with Crippen molar-refractivity contribution < 1.29 is 9.90 Å². The Bertz CT molecular complexity index is 251. The number of Topliss-reactive ketones (excluding diaryl/α,β-unsaturated/α-hetero) is 1. The third-order valence-corrected chi connectivity index (χ3v) is 11.9. The molecule has 0 spiro atoms. The largest absolute Gasteiger partial charge is 0.393 e. The predicted octanol–water partition coefficient (Wildman–Crippen LogP) is 3.23. The zero-order chi connectivity index (χ0) is 12.7. The van der Waals surface area contributed by atoms with Crippen LogP contribution in [0.3, 0.4) is 0 Å². The van der Waals surface area contributed by atoms with Crippen molar-refractivity contribution in [3.63, 3.8) is 0 Å². The number of rotatable bonds is 3. The van der Waals surface area contributed by atoms with Gasteiger partial charge in [-0.05, 0) is 18.9 Å². The number of ketones is 1. The molecule has 15 heavy (non-hydrogen) atoms. The van der Waals surface area contributed by atoms with Gasteiger partial charge in [0.1, 0.15) is 5.78 Å². The SMILES string of the molecule is CC(=O)[C@](C)([C@H](C)O)[Si](C)(C)C(C)(C)C. The van der Waals surface area contributed by atoms with E-state index in [9.17, 15) is 9.90 Å². The van der Waals surface area contributed by atoms with E-state index in [2.05, 4.69) is 33.9 Å². The fourth-order valence-electron chi connectivity index (χ4n) is 2.04. The Labute approximate surface area is 95.1 Å². The molecule has 0 unspecified atom stereocenters. The molecule has 0 heterocycles. The molecule has 0 saturated heterocycles. The molecule has 0 aliphatic rings. The van der Waals surface area contributed by atoms with E-state index in [4.69, 9.17) is 0 Å². The first-order chi connectivity index (χ1) is 6.39. The van der Waals surface area contributed by atoms with Gasteiger partial charge in [-0.3, -0.25) is 4.79 Å². The van der Waals surface area contributed by atoms with E-state index in [1.54, 1.807) is 13.8 Å². The third-order valence-electron chi connectivity index (χ3n) is 4.74. The van der Waals surface area contributed by atoms with E-state index in [0.717, 1.165) is 0 Å². The lowest BCUT2D eigenvalue weighted by atomic mass is 10.0. The Kier molecular flexibility index (Phi) is 3.98. The molecule has 0 aliphatic carbocycles. The second-order valence-corrected chi connectivity index (χ2v) is 12.1. The van der Waals surface area contributed by atoms with Gasteiger partial charge >= 0.3 is 0 Å². The van der Waals surface area contributed by atoms with Gasteiger partial charge in [-0.1, -0.05) is 40.8 Å². The van der Waals surface area contributed by atoms with Crippen LogP contribution in [0.2, 0.25) is 23.2 Å². The highest BCUT2D eigenvalue weighted by atomic mass is 28.3. The average Bonchev–Trinajstić information content (AvgIpc) is 1.99. The average molecular weight is 230 g/mol. The van der Waals surface area contributed by atoms with E-state index >= 15 is 0 Å². The summed E-state index contributed by atoms with van der Waals surface area (Å²) in [4.78, 5) is 11.9. The highest BCUT2D eigenvalue weighted by Crippen LogP contribution is 2.53. The number of carbonyl (C=O) groups is 1. The summed E-state index contributed by atoms with van der Waals surface area (Å²) in [6, 6.07) is 0. The standard InChI is InChI=1S/C12H26O2Si/c1-9(13)12(6,10(2)14)15(7,8)11(3,4)5/h9,13H,1-8H3/t9-,12-/m0/s1. The summed E-state index contributed by atoms with van der Waals surface area (Å²) in [6.07, 6.45) is -0.573. The molecule has 1 N–H and O–H groups in total. The number of carbonyl (C=O) groups excluding carboxylic acids is 1. The summed E-state index contributed by atoms with van der Waals surface area (Å²) in [5, 5.41) is 9.49. The quantitative estimate of drug-likeness (QED) is 0.756. The normalized spacial score (nSPS) is 19.5. The summed E-state index contributed by atoms with van der Waals surface area (Å²) in [7, 11) is -1.88. The maximum absolute atomic E-state index is 11.9. The fourth-order valence-corrected chi connectivity index (χ4v) is 5.52. The molecule has 0 fully saturated rings. The van der Waals surface area contributed by atoms with E-state index < -0.39 is 19.2 Å². The first-order valence-electron chi connectivity index (χ1n) is 5.58. The molecule has 3 heteroatoms. The van der Waals surface area contributed by atoms with Gasteiger partial charge in [-0.15, -0.1) is 0 Å². The van der Waals surface area contributed by atoms with Crippen molar-refractivity contribution in [1.29, 1.82) is 0 Å². The monoisotopic (exact) mass is 230 g/mol. The molecule has 90 valence electrons. The summed E-state index contributed by atoms with van der Waals surface area (Å²) in [5.41, 5.74) is 0. The fraction of sp³-hybridized carbons (Fsp3) is 0.917. The Morgan fingerprint density at radius 1 is 1.20 bits per heavy atom. The van der Waals surface area contributed by atoms with Crippen molar-refractivity contribution in [2.24, 2.45) is 0 Å². The number of aliphatic hydroxyl groups excluding tert-OH is 1. The van der Waals surface area contributed by atoms with Crippen molar-refractivity contribution in [3.05, 3.63) is 0 Å². The second kappa shape index (κ2) is 4.02. The van der Waals surface area contributed by atoms with Crippen LogP contribution >= 0.6 is 0 Å². The van der Waals surface area contributed by atoms with Gasteiger partial charge in [0.15, 0.2) is 0 Å². The summed E-state index contributed by atoms with van der Waals surface area (Å²) in [6.45, 7) is 16.2. The molecule has 0 radical (unpaired) electrons. The summed E-state index contributed by atoms with van der Waals surface area (Å²) >= 11 is 0. The van der Waals surface area contributed by atoms with E-state index in [1.165, 1.54) is 0 Å². The maximum Gasteiger partial charge on any atom is 0.135 e. The third kappa shape index (κ3) is 2.18. The van der Waals surface area contributed by atoms with Crippen molar-refractivity contribution in [2.75, 3.05) is 0 Å². The van der Waals surface area contributed by atoms with Crippen LogP contribution in [0.4, 0.5) is 0 Å². The van der Waals surface area contributed by atoms with Crippen molar-refractivity contribution in [2.45, 2.75) is 70.8 Å². The van der Waals surface area contributed by atoms with Crippen molar-refractivity contribution in [1.82, 2.24) is 0 Å². The van der Waals surface area contributed by atoms with Gasteiger partial charge in [0.2, 0.25) is 0 Å². The lowest BCUT2D eigenvalue weighted by Crippen LogP contribution is -2.56. The lowest BCUT2D eigenvalue weighted by molar-refractivity contribution is -0.122. The molecule has 0 rings (SSSR count). The highest BCUT2D eigenvalue weighted by molar-refractivity contribution is 6.86. The van der Waals surface area contributed by atoms with Crippen LogP contribution < -0.4 is 0 Å². The molecule has 0 bridgehead atoms. The Hall–Kier alpha value is -0.153. The lowest BCUT2D eigenvalue weighted by Gasteiger charge is -2.50. The highest BCUT2D eigenvalue weighted by Gasteiger charge is 2.55. The van der Waals surface area contributed by atoms with Gasteiger partial charge in [0, 0.05) is 5.04 Å². The first kappa shape index (κ1) is 14.8. The van der Waals surface area contributed by atoms with Crippen LogP contribution in [-0.4, -0.2) is 25.1 Å². The van der Waals surface area contributed by atoms with Gasteiger partial charge < -0.3 is 5.11 Å². The number of aliphatic hydroxyl groups is 1. The minimum Gasteiger partial charge on any atom is -0.393 e. The smallest absolute Gasteiger partial charge is 0.135 e. The van der Waals surface area contributed by atoms with E-state index in [0.29, 0.717) is 0 Å². The van der Waals surface area contributed by atoms with Crippen LogP contribution in [0, 0.1) is 0 Å². The van der Waals surface area contributed by atoms with Crippen LogP contribution in [-0.2, 0) is 4.79 Å². The minimum atomic E-state index is -1.88. The Morgan fingerprint density at radius 3 is 1.60 bits per heavy atom. The van der Waals surface area contributed by atoms with Crippen LogP contribution in [0.15, 0.2) is 0 Å². The van der Waals surface area contributed by atoms with Gasteiger partial charge in [-0.25, -0.2) is 0 Å². The number of hydrogen-bond acceptors (Lipinski definition) is 2. The van der Waals surface area contributed by atoms with Crippen molar-refractivity contribution in [3.8, 4) is 0 Å². The minimum absolute atomic E-state index is 0.102. The van der Waals surface area contributed by atoms with Crippen LogP contribution in [0.5, 0.6) is 0 Å². The van der Waals surface area contributed by atoms with Gasteiger partial charge in [-0.2, -0.15) is 0 Å². The zero-order valence-corrected chi connectivity index (χ0v) is 12.4. The molecule has 0 aromatic heterocycles. The first-order valence-corrected chi connectivity index (χ1v) is 8.58. The summed E-state index contributed by atoms with van der Waals surface area (Å²) in [5.74, 6) is 0.115. The predicted molar refractivity (Wildman–Crippen MR) is 67.9 cm³/mol. The maximum atomic E-state index is 11.9. The molecular formula is C12H26O2Si. The van der Waals surface area contributed by atoms with Crippen LogP contribution in [0.25, 0.3) is 0 Å². The number of hydrogen-bond donors (Lipinski definition) is 1. The Morgan fingerprint density at radius 2 is 1.53 bits per heavy atom. The Balaban J connectivity index is 5.57. The van der Waals surface area contributed by atoms with Gasteiger partial charge in [0.05, 0.1) is 14.2 Å². The van der Waals surface area contributed by atoms with Gasteiger partial charge in [0.25, 0.3) is 0 Å². The second-order valence-electron chi connectivity index (χ2n) is 6.31. The molecule has 0 aromatic rings. The molecule has 2 atom stereocenters. The van der Waals surface area contributed by atoms with E-state index in [-0.39, 0.29) is 10.8 Å². The molecule has 0 saturated carbocycles. The molecule has 0 amide bonds. The zero-order valence-electron chi connectivity index (χ0n) is 11.4. The molecule has 0 aromatic carbocycles. The van der Waals surface area contributed by atoms with E-state index in [1.807, 2.05) is 6.92 Å².